The van der Waals surface area contributed by atoms with Gasteiger partial charge in [0.1, 0.15) is 0 Å². The number of nitro benzene ring substituents is 1. The first-order chi connectivity index (χ1) is 7.47. The molecule has 0 unspecified atom stereocenters. The van der Waals surface area contributed by atoms with Crippen molar-refractivity contribution in [3.05, 3.63) is 33.9 Å². The molecule has 0 fully saturated rings. The maximum Gasteiger partial charge on any atom is 0.358 e. The summed E-state index contributed by atoms with van der Waals surface area (Å²) in [5, 5.41) is 39.1. The van der Waals surface area contributed by atoms with Gasteiger partial charge >= 0.3 is 11.7 Å². The number of phenolic OH excluding ortho intramolecular Hbond substituents is 1. The molecule has 0 aliphatic carbocycles. The Morgan fingerprint density at radius 2 is 2.06 bits per heavy atom. The predicted octanol–water partition coefficient (Wildman–Crippen LogP) is 0.563. The van der Waals surface area contributed by atoms with Gasteiger partial charge < -0.3 is 15.4 Å². The molecule has 0 aliphatic heterocycles. The Balaban J connectivity index is 3.32. The van der Waals surface area contributed by atoms with Gasteiger partial charge in [0.05, 0.1) is 4.92 Å². The number of carboxylic acid groups (broad SMARTS) is 1. The molecule has 8 heteroatoms. The second-order valence-corrected chi connectivity index (χ2v) is 2.71. The van der Waals surface area contributed by atoms with Crippen LogP contribution in [0.25, 0.3) is 0 Å². The molecule has 0 saturated heterocycles. The average Bonchev–Trinajstić information content (AvgIpc) is 2.20. The van der Waals surface area contributed by atoms with Gasteiger partial charge in [0.15, 0.2) is 11.5 Å². The minimum atomic E-state index is -1.54. The number of benzene rings is 1. The lowest BCUT2D eigenvalue weighted by Crippen LogP contribution is -2.14. The van der Waals surface area contributed by atoms with E-state index in [2.05, 4.69) is 5.16 Å². The lowest BCUT2D eigenvalue weighted by atomic mass is 10.1. The Morgan fingerprint density at radius 1 is 1.44 bits per heavy atom. The van der Waals surface area contributed by atoms with E-state index in [1.807, 2.05) is 0 Å². The molecule has 0 radical (unpaired) electrons. The van der Waals surface area contributed by atoms with Crippen LogP contribution in [0.2, 0.25) is 0 Å². The zero-order valence-electron chi connectivity index (χ0n) is 7.69. The number of nitro groups is 1. The van der Waals surface area contributed by atoms with Gasteiger partial charge in [-0.3, -0.25) is 10.1 Å². The van der Waals surface area contributed by atoms with Crippen molar-refractivity contribution in [2.24, 2.45) is 5.16 Å². The number of aromatic hydroxyl groups is 1. The van der Waals surface area contributed by atoms with Gasteiger partial charge in [-0.05, 0) is 12.1 Å². The summed E-state index contributed by atoms with van der Waals surface area (Å²) in [6, 6.07) is 2.84. The molecule has 1 aromatic rings. The molecule has 0 bridgehead atoms. The largest absolute Gasteiger partial charge is 0.502 e. The fourth-order valence-electron chi connectivity index (χ4n) is 1.04. The molecular formula is C8H6N2O6. The molecule has 84 valence electrons. The number of hydrogen-bond acceptors (Lipinski definition) is 6. The standard InChI is InChI=1S/C8H6N2O6/c11-6-2-1-4(3-5(6)10(15)16)7(9-14)8(12)13/h1-3,11,14H,(H,12,13)/b9-7+. The van der Waals surface area contributed by atoms with Crippen molar-refractivity contribution >= 4 is 17.4 Å². The molecule has 0 atom stereocenters. The summed E-state index contributed by atoms with van der Waals surface area (Å²) < 4.78 is 0. The maximum atomic E-state index is 10.6. The van der Waals surface area contributed by atoms with Gasteiger partial charge in [-0.2, -0.15) is 0 Å². The fourth-order valence-corrected chi connectivity index (χ4v) is 1.04. The smallest absolute Gasteiger partial charge is 0.358 e. The van der Waals surface area contributed by atoms with Crippen molar-refractivity contribution in [2.75, 3.05) is 0 Å². The molecule has 8 nitrogen and oxygen atoms in total. The Kier molecular flexibility index (Phi) is 3.04. The summed E-state index contributed by atoms with van der Waals surface area (Å²) >= 11 is 0. The summed E-state index contributed by atoms with van der Waals surface area (Å²) in [5.41, 5.74) is -1.59. The zero-order chi connectivity index (χ0) is 12.3. The highest BCUT2D eigenvalue weighted by atomic mass is 16.6. The number of carbonyl (C=O) groups is 1. The first-order valence-corrected chi connectivity index (χ1v) is 3.90. The van der Waals surface area contributed by atoms with Crippen LogP contribution < -0.4 is 0 Å². The molecule has 0 aromatic heterocycles. The molecular weight excluding hydrogens is 220 g/mol. The van der Waals surface area contributed by atoms with Gasteiger partial charge in [0, 0.05) is 11.6 Å². The second-order valence-electron chi connectivity index (χ2n) is 2.71. The minimum Gasteiger partial charge on any atom is -0.502 e. The monoisotopic (exact) mass is 226 g/mol. The Morgan fingerprint density at radius 3 is 2.50 bits per heavy atom. The number of phenols is 1. The average molecular weight is 226 g/mol. The third kappa shape index (κ3) is 2.05. The van der Waals surface area contributed by atoms with Gasteiger partial charge in [0.25, 0.3) is 0 Å². The summed E-state index contributed by atoms with van der Waals surface area (Å²) in [5.74, 6) is -2.14. The normalized spacial score (nSPS) is 11.1. The van der Waals surface area contributed by atoms with E-state index in [1.54, 1.807) is 0 Å². The van der Waals surface area contributed by atoms with Crippen molar-refractivity contribution < 1.29 is 25.1 Å². The van der Waals surface area contributed by atoms with Gasteiger partial charge in [0.2, 0.25) is 0 Å². The highest BCUT2D eigenvalue weighted by molar-refractivity contribution is 6.42. The molecule has 1 aromatic carbocycles. The summed E-state index contributed by atoms with van der Waals surface area (Å²) in [6.07, 6.45) is 0. The Bertz CT molecular complexity index is 481. The molecule has 1 rings (SSSR count). The maximum absolute atomic E-state index is 10.6. The number of aliphatic carboxylic acids is 1. The van der Waals surface area contributed by atoms with E-state index in [9.17, 15) is 14.9 Å². The van der Waals surface area contributed by atoms with Crippen LogP contribution in [0.5, 0.6) is 5.75 Å². The van der Waals surface area contributed by atoms with Crippen LogP contribution in [0.1, 0.15) is 5.56 Å². The van der Waals surface area contributed by atoms with E-state index in [0.717, 1.165) is 18.2 Å². The molecule has 0 amide bonds. The Labute approximate surface area is 88.2 Å². The number of nitrogens with zero attached hydrogens (tertiary/aromatic N) is 2. The van der Waals surface area contributed by atoms with Gasteiger partial charge in [-0.25, -0.2) is 4.79 Å². The Hall–Kier alpha value is -2.64. The molecule has 0 spiro atoms. The van der Waals surface area contributed by atoms with Gasteiger partial charge in [-0.1, -0.05) is 5.16 Å². The van der Waals surface area contributed by atoms with Crippen molar-refractivity contribution in [2.45, 2.75) is 0 Å². The summed E-state index contributed by atoms with van der Waals surface area (Å²) in [6.45, 7) is 0. The lowest BCUT2D eigenvalue weighted by Gasteiger charge is -2.00. The molecule has 0 aliphatic rings. The van der Waals surface area contributed by atoms with Crippen LogP contribution >= 0.6 is 0 Å². The third-order valence-corrected chi connectivity index (χ3v) is 1.75. The molecule has 0 saturated carbocycles. The first kappa shape index (κ1) is 11.4. The van der Waals surface area contributed by atoms with Crippen LogP contribution in [0.3, 0.4) is 0 Å². The van der Waals surface area contributed by atoms with E-state index in [1.165, 1.54) is 0 Å². The molecule has 3 N–H and O–H groups in total. The highest BCUT2D eigenvalue weighted by Crippen LogP contribution is 2.26. The summed E-state index contributed by atoms with van der Waals surface area (Å²) in [4.78, 5) is 20.1. The number of rotatable bonds is 3. The van der Waals surface area contributed by atoms with Crippen LogP contribution in [0, 0.1) is 10.1 Å². The molecule has 16 heavy (non-hydrogen) atoms. The predicted molar refractivity (Wildman–Crippen MR) is 50.7 cm³/mol. The van der Waals surface area contributed by atoms with Crippen molar-refractivity contribution in [1.82, 2.24) is 0 Å². The highest BCUT2D eigenvalue weighted by Gasteiger charge is 2.19. The van der Waals surface area contributed by atoms with E-state index in [4.69, 9.17) is 15.4 Å². The third-order valence-electron chi connectivity index (χ3n) is 1.75. The second kappa shape index (κ2) is 4.26. The van der Waals surface area contributed by atoms with Gasteiger partial charge in [-0.15, -0.1) is 0 Å². The van der Waals surface area contributed by atoms with E-state index in [0.29, 0.717) is 0 Å². The molecule has 0 heterocycles. The fraction of sp³-hybridized carbons (Fsp3) is 0. The quantitative estimate of drug-likeness (QED) is 0.298. The van der Waals surface area contributed by atoms with Crippen molar-refractivity contribution in [3.8, 4) is 5.75 Å². The van der Waals surface area contributed by atoms with Crippen LogP contribution in [0.15, 0.2) is 23.4 Å². The van der Waals surface area contributed by atoms with E-state index < -0.39 is 28.0 Å². The van der Waals surface area contributed by atoms with E-state index >= 15 is 0 Å². The number of hydrogen-bond donors (Lipinski definition) is 3. The lowest BCUT2D eigenvalue weighted by molar-refractivity contribution is -0.385. The van der Waals surface area contributed by atoms with Crippen molar-refractivity contribution in [1.29, 1.82) is 0 Å². The SMILES string of the molecule is O=C(O)/C(=N/O)c1ccc(O)c([N+](=O)[O-])c1. The summed E-state index contributed by atoms with van der Waals surface area (Å²) in [7, 11) is 0. The number of carboxylic acids is 1. The minimum absolute atomic E-state index is 0.181. The van der Waals surface area contributed by atoms with Crippen LogP contribution in [-0.2, 0) is 4.79 Å². The van der Waals surface area contributed by atoms with E-state index in [-0.39, 0.29) is 5.56 Å². The van der Waals surface area contributed by atoms with Crippen LogP contribution in [-0.4, -0.2) is 32.0 Å². The van der Waals surface area contributed by atoms with Crippen molar-refractivity contribution in [3.63, 3.8) is 0 Å². The van der Waals surface area contributed by atoms with Crippen LogP contribution in [0.4, 0.5) is 5.69 Å². The topological polar surface area (TPSA) is 133 Å². The number of oxime groups is 1. The first-order valence-electron chi connectivity index (χ1n) is 3.90. The zero-order valence-corrected chi connectivity index (χ0v) is 7.69.